The summed E-state index contributed by atoms with van der Waals surface area (Å²) in [6.45, 7) is 2.15. The van der Waals surface area contributed by atoms with E-state index < -0.39 is 23.5 Å². The summed E-state index contributed by atoms with van der Waals surface area (Å²) in [6.07, 6.45) is -9.21. The van der Waals surface area contributed by atoms with Gasteiger partial charge < -0.3 is 4.90 Å². The normalized spacial score (nSPS) is 20.2. The van der Waals surface area contributed by atoms with Crippen LogP contribution in [0.25, 0.3) is 0 Å². The molecule has 1 saturated heterocycles. The largest absolute Gasteiger partial charge is 0.416 e. The molecule has 21 heavy (non-hydrogen) atoms. The molecule has 1 aliphatic heterocycles. The third-order valence-electron chi connectivity index (χ3n) is 3.20. The lowest BCUT2D eigenvalue weighted by Crippen LogP contribution is -2.24. The van der Waals surface area contributed by atoms with Crippen LogP contribution in [-0.2, 0) is 12.4 Å². The summed E-state index contributed by atoms with van der Waals surface area (Å²) < 4.78 is 76.7. The molecule has 8 heteroatoms. The number of anilines is 1. The number of hydrogen-bond donors (Lipinski definition) is 0. The van der Waals surface area contributed by atoms with Crippen molar-refractivity contribution < 1.29 is 26.3 Å². The van der Waals surface area contributed by atoms with Crippen molar-refractivity contribution in [2.45, 2.75) is 25.7 Å². The standard InChI is InChI=1S/C13H11F6NS/c1-7-2-11(21)20(6-7)10-4-8(12(14,15)16)3-9(5-10)13(17,18)19/h3-5,7H,2,6H2,1H3. The van der Waals surface area contributed by atoms with Crippen LogP contribution in [0.3, 0.4) is 0 Å². The highest BCUT2D eigenvalue weighted by Gasteiger charge is 2.38. The van der Waals surface area contributed by atoms with Gasteiger partial charge in [-0.1, -0.05) is 19.1 Å². The summed E-state index contributed by atoms with van der Waals surface area (Å²) in [6, 6.07) is 1.53. The third-order valence-corrected chi connectivity index (χ3v) is 3.59. The van der Waals surface area contributed by atoms with Gasteiger partial charge in [0.2, 0.25) is 0 Å². The van der Waals surface area contributed by atoms with E-state index in [2.05, 4.69) is 0 Å². The minimum atomic E-state index is -4.84. The van der Waals surface area contributed by atoms with Crippen molar-refractivity contribution in [2.24, 2.45) is 5.92 Å². The highest BCUT2D eigenvalue weighted by atomic mass is 32.1. The quantitative estimate of drug-likeness (QED) is 0.533. The van der Waals surface area contributed by atoms with Crippen LogP contribution < -0.4 is 4.90 Å². The summed E-state index contributed by atoms with van der Waals surface area (Å²) in [7, 11) is 0. The van der Waals surface area contributed by atoms with Crippen molar-refractivity contribution in [3.8, 4) is 0 Å². The van der Waals surface area contributed by atoms with Crippen LogP contribution in [0.2, 0.25) is 0 Å². The smallest absolute Gasteiger partial charge is 0.336 e. The van der Waals surface area contributed by atoms with Gasteiger partial charge in [-0.25, -0.2) is 0 Å². The second-order valence-electron chi connectivity index (χ2n) is 5.08. The molecule has 1 heterocycles. The number of hydrogen-bond acceptors (Lipinski definition) is 1. The van der Waals surface area contributed by atoms with Gasteiger partial charge in [-0.2, -0.15) is 26.3 Å². The Balaban J connectivity index is 2.53. The van der Waals surface area contributed by atoms with E-state index in [9.17, 15) is 26.3 Å². The number of thiocarbonyl (C=S) groups is 1. The molecule has 1 nitrogen and oxygen atoms in total. The SMILES string of the molecule is CC1CC(=S)N(c2cc(C(F)(F)F)cc(C(F)(F)F)c2)C1. The fourth-order valence-corrected chi connectivity index (χ4v) is 2.69. The van der Waals surface area contributed by atoms with Gasteiger partial charge in [0, 0.05) is 18.7 Å². The number of alkyl halides is 6. The molecule has 0 aromatic heterocycles. The van der Waals surface area contributed by atoms with Gasteiger partial charge in [-0.05, 0) is 24.1 Å². The van der Waals surface area contributed by atoms with Crippen LogP contribution in [0, 0.1) is 5.92 Å². The molecular formula is C13H11F6NS. The first-order valence-electron chi connectivity index (χ1n) is 6.08. The zero-order valence-electron chi connectivity index (χ0n) is 10.8. The molecule has 1 atom stereocenters. The summed E-state index contributed by atoms with van der Waals surface area (Å²) in [5.74, 6) is 0.0985. The van der Waals surface area contributed by atoms with E-state index in [1.165, 1.54) is 4.90 Å². The monoisotopic (exact) mass is 327 g/mol. The predicted octanol–water partition coefficient (Wildman–Crippen LogP) is 4.90. The Morgan fingerprint density at radius 3 is 1.81 bits per heavy atom. The maximum Gasteiger partial charge on any atom is 0.416 e. The van der Waals surface area contributed by atoms with Crippen LogP contribution >= 0.6 is 12.2 Å². The molecule has 0 amide bonds. The van der Waals surface area contributed by atoms with Crippen molar-refractivity contribution in [1.82, 2.24) is 0 Å². The Hall–Kier alpha value is -1.31. The third kappa shape index (κ3) is 3.48. The molecule has 0 spiro atoms. The second-order valence-corrected chi connectivity index (χ2v) is 5.55. The summed E-state index contributed by atoms with van der Waals surface area (Å²) in [4.78, 5) is 1.69. The highest BCUT2D eigenvalue weighted by molar-refractivity contribution is 7.80. The highest BCUT2D eigenvalue weighted by Crippen LogP contribution is 2.39. The Bertz CT molecular complexity index is 531. The molecule has 2 rings (SSSR count). The zero-order chi connectivity index (χ0) is 16.0. The topological polar surface area (TPSA) is 3.24 Å². The molecule has 116 valence electrons. The van der Waals surface area contributed by atoms with Crippen LogP contribution in [0.5, 0.6) is 0 Å². The summed E-state index contributed by atoms with van der Waals surface area (Å²) in [5.41, 5.74) is -2.81. The maximum atomic E-state index is 12.8. The van der Waals surface area contributed by atoms with Crippen molar-refractivity contribution >= 4 is 22.9 Å². The van der Waals surface area contributed by atoms with E-state index in [0.717, 1.165) is 0 Å². The van der Waals surface area contributed by atoms with Gasteiger partial charge in [0.1, 0.15) is 0 Å². The first-order chi connectivity index (χ1) is 9.48. The molecule has 0 radical (unpaired) electrons. The molecule has 1 aliphatic rings. The number of nitrogens with zero attached hydrogens (tertiary/aromatic N) is 1. The molecule has 0 N–H and O–H groups in total. The van der Waals surface area contributed by atoms with E-state index in [-0.39, 0.29) is 17.7 Å². The van der Waals surface area contributed by atoms with Crippen LogP contribution in [0.4, 0.5) is 32.0 Å². The lowest BCUT2D eigenvalue weighted by Gasteiger charge is -2.22. The Kier molecular flexibility index (Phi) is 3.94. The number of benzene rings is 1. The fourth-order valence-electron chi connectivity index (χ4n) is 2.23. The first kappa shape index (κ1) is 16.1. The van der Waals surface area contributed by atoms with Crippen molar-refractivity contribution in [2.75, 3.05) is 11.4 Å². The van der Waals surface area contributed by atoms with Gasteiger partial charge in [-0.15, -0.1) is 0 Å². The van der Waals surface area contributed by atoms with E-state index in [4.69, 9.17) is 12.2 Å². The molecule has 0 aliphatic carbocycles. The van der Waals surface area contributed by atoms with E-state index in [1.807, 2.05) is 6.92 Å². The maximum absolute atomic E-state index is 12.8. The lowest BCUT2D eigenvalue weighted by atomic mass is 10.1. The molecule has 1 aromatic carbocycles. The molecule has 1 aromatic rings. The van der Waals surface area contributed by atoms with Gasteiger partial charge in [0.25, 0.3) is 0 Å². The number of halogens is 6. The van der Waals surface area contributed by atoms with Crippen molar-refractivity contribution in [3.63, 3.8) is 0 Å². The number of rotatable bonds is 1. The molecular weight excluding hydrogens is 316 g/mol. The van der Waals surface area contributed by atoms with Crippen LogP contribution in [0.1, 0.15) is 24.5 Å². The van der Waals surface area contributed by atoms with E-state index in [0.29, 0.717) is 30.1 Å². The fraction of sp³-hybridized carbons (Fsp3) is 0.462. The van der Waals surface area contributed by atoms with Crippen LogP contribution in [0.15, 0.2) is 18.2 Å². The average Bonchev–Trinajstić information content (AvgIpc) is 2.65. The predicted molar refractivity (Wildman–Crippen MR) is 70.2 cm³/mol. The molecule has 1 unspecified atom stereocenters. The Morgan fingerprint density at radius 1 is 1.00 bits per heavy atom. The minimum Gasteiger partial charge on any atom is -0.336 e. The zero-order valence-corrected chi connectivity index (χ0v) is 11.7. The second kappa shape index (κ2) is 5.15. The molecule has 0 saturated carbocycles. The summed E-state index contributed by atoms with van der Waals surface area (Å²) in [5, 5.41) is 0. The van der Waals surface area contributed by atoms with E-state index >= 15 is 0 Å². The van der Waals surface area contributed by atoms with Gasteiger partial charge in [0.05, 0.1) is 16.1 Å². The van der Waals surface area contributed by atoms with Crippen LogP contribution in [-0.4, -0.2) is 11.5 Å². The molecule has 0 bridgehead atoms. The Labute approximate surface area is 122 Å². The molecule has 1 fully saturated rings. The minimum absolute atomic E-state index is 0.0985. The van der Waals surface area contributed by atoms with Gasteiger partial charge >= 0.3 is 12.4 Å². The summed E-state index contributed by atoms with van der Waals surface area (Å²) >= 11 is 5.04. The average molecular weight is 327 g/mol. The van der Waals surface area contributed by atoms with E-state index in [1.54, 1.807) is 0 Å². The Morgan fingerprint density at radius 2 is 1.48 bits per heavy atom. The van der Waals surface area contributed by atoms with Gasteiger partial charge in [0.15, 0.2) is 0 Å². The first-order valence-corrected chi connectivity index (χ1v) is 6.49. The lowest BCUT2D eigenvalue weighted by molar-refractivity contribution is -0.143. The van der Waals surface area contributed by atoms with Gasteiger partial charge in [-0.3, -0.25) is 0 Å². The van der Waals surface area contributed by atoms with Crippen molar-refractivity contribution in [3.05, 3.63) is 29.3 Å². The van der Waals surface area contributed by atoms with Crippen molar-refractivity contribution in [1.29, 1.82) is 0 Å².